The summed E-state index contributed by atoms with van der Waals surface area (Å²) >= 11 is 0. The third kappa shape index (κ3) is 2.62. The summed E-state index contributed by atoms with van der Waals surface area (Å²) in [6.07, 6.45) is 0.653. The second-order valence-electron chi connectivity index (χ2n) is 3.87. The van der Waals surface area contributed by atoms with Crippen molar-refractivity contribution in [1.29, 1.82) is 5.26 Å². The second-order valence-corrected chi connectivity index (χ2v) is 6.28. The molecule has 0 saturated carbocycles. The third-order valence-electron chi connectivity index (χ3n) is 2.87. The minimum absolute atomic E-state index is 0.208. The average Bonchev–Trinajstić information content (AvgIpc) is 2.40. The first kappa shape index (κ1) is 12.0. The van der Waals surface area contributed by atoms with Crippen molar-refractivity contribution in [3.8, 4) is 6.07 Å². The van der Waals surface area contributed by atoms with Crippen LogP contribution in [0.5, 0.6) is 0 Å². The van der Waals surface area contributed by atoms with Gasteiger partial charge in [0, 0.05) is 16.3 Å². The molecule has 0 saturated heterocycles. The average molecular weight is 242 g/mol. The SMILES string of the molecule is CC[S+](CCC#N)c1cccc2ccccc12. The van der Waals surface area contributed by atoms with E-state index in [-0.39, 0.29) is 10.9 Å². The molecule has 17 heavy (non-hydrogen) atoms. The lowest BCUT2D eigenvalue weighted by atomic mass is 10.1. The fourth-order valence-corrected chi connectivity index (χ4v) is 3.95. The number of rotatable bonds is 4. The van der Waals surface area contributed by atoms with E-state index >= 15 is 0 Å². The highest BCUT2D eigenvalue weighted by Gasteiger charge is 2.21. The van der Waals surface area contributed by atoms with E-state index < -0.39 is 0 Å². The predicted octanol–water partition coefficient (Wildman–Crippen LogP) is 3.75. The number of nitrogens with zero attached hydrogens (tertiary/aromatic N) is 1. The lowest BCUT2D eigenvalue weighted by Crippen LogP contribution is -2.10. The molecule has 0 heterocycles. The molecule has 0 radical (unpaired) electrons. The Bertz CT molecular complexity index is 537. The number of nitriles is 1. The first-order valence-electron chi connectivity index (χ1n) is 5.89. The maximum absolute atomic E-state index is 8.73. The second kappa shape index (κ2) is 5.75. The summed E-state index contributed by atoms with van der Waals surface area (Å²) in [6.45, 7) is 2.21. The monoisotopic (exact) mass is 242 g/mol. The molecule has 0 aliphatic heterocycles. The highest BCUT2D eigenvalue weighted by atomic mass is 32.2. The smallest absolute Gasteiger partial charge is 0.162 e. The van der Waals surface area contributed by atoms with Crippen LogP contribution in [-0.4, -0.2) is 11.5 Å². The van der Waals surface area contributed by atoms with Crippen molar-refractivity contribution >= 4 is 21.7 Å². The molecule has 2 aromatic rings. The summed E-state index contributed by atoms with van der Waals surface area (Å²) in [5, 5.41) is 11.4. The fraction of sp³-hybridized carbons (Fsp3) is 0.267. The van der Waals surface area contributed by atoms with Crippen molar-refractivity contribution in [2.24, 2.45) is 0 Å². The minimum Gasteiger partial charge on any atom is -0.198 e. The molecule has 0 fully saturated rings. The molecule has 0 N–H and O–H groups in total. The van der Waals surface area contributed by atoms with E-state index in [1.165, 1.54) is 15.7 Å². The van der Waals surface area contributed by atoms with Crippen molar-refractivity contribution in [3.05, 3.63) is 42.5 Å². The Kier molecular flexibility index (Phi) is 4.06. The Balaban J connectivity index is 2.43. The molecule has 0 aliphatic rings. The summed E-state index contributed by atoms with van der Waals surface area (Å²) < 4.78 is 0. The Labute approximate surface area is 105 Å². The standard InChI is InChI=1S/C15H16NS/c1-2-17(12-6-11-16)15-10-5-8-13-7-3-4-9-14(13)15/h3-5,7-10H,2,6,12H2,1H3/q+1. The van der Waals surface area contributed by atoms with E-state index in [2.05, 4.69) is 55.5 Å². The van der Waals surface area contributed by atoms with E-state index in [9.17, 15) is 0 Å². The first-order valence-corrected chi connectivity index (χ1v) is 7.45. The van der Waals surface area contributed by atoms with Crippen LogP contribution >= 0.6 is 0 Å². The van der Waals surface area contributed by atoms with Crippen LogP contribution in [0.25, 0.3) is 10.8 Å². The lowest BCUT2D eigenvalue weighted by molar-refractivity contribution is 1.21. The van der Waals surface area contributed by atoms with Gasteiger partial charge >= 0.3 is 0 Å². The van der Waals surface area contributed by atoms with Gasteiger partial charge in [0.15, 0.2) is 4.90 Å². The molecule has 1 nitrogen and oxygen atoms in total. The van der Waals surface area contributed by atoms with E-state index in [1.807, 2.05) is 0 Å². The van der Waals surface area contributed by atoms with Crippen LogP contribution < -0.4 is 0 Å². The number of fused-ring (bicyclic) bond motifs is 1. The normalized spacial score (nSPS) is 12.2. The van der Waals surface area contributed by atoms with Crippen LogP contribution in [-0.2, 0) is 10.9 Å². The van der Waals surface area contributed by atoms with Gasteiger partial charge in [-0.2, -0.15) is 5.26 Å². The highest BCUT2D eigenvalue weighted by molar-refractivity contribution is 7.97. The van der Waals surface area contributed by atoms with Crippen molar-refractivity contribution in [2.75, 3.05) is 11.5 Å². The zero-order chi connectivity index (χ0) is 12.1. The van der Waals surface area contributed by atoms with Crippen molar-refractivity contribution in [3.63, 3.8) is 0 Å². The molecule has 0 spiro atoms. The number of hydrogen-bond donors (Lipinski definition) is 0. The Morgan fingerprint density at radius 2 is 1.88 bits per heavy atom. The summed E-state index contributed by atoms with van der Waals surface area (Å²) in [6, 6.07) is 17.3. The summed E-state index contributed by atoms with van der Waals surface area (Å²) in [5.74, 6) is 2.11. The van der Waals surface area contributed by atoms with E-state index in [0.717, 1.165) is 11.5 Å². The van der Waals surface area contributed by atoms with Crippen molar-refractivity contribution < 1.29 is 0 Å². The van der Waals surface area contributed by atoms with E-state index in [1.54, 1.807) is 0 Å². The molecular weight excluding hydrogens is 226 g/mol. The van der Waals surface area contributed by atoms with Crippen LogP contribution in [0.1, 0.15) is 13.3 Å². The fourth-order valence-electron chi connectivity index (χ4n) is 2.03. The van der Waals surface area contributed by atoms with Gasteiger partial charge in [0.05, 0.1) is 12.5 Å². The van der Waals surface area contributed by atoms with Crippen LogP contribution in [0.2, 0.25) is 0 Å². The third-order valence-corrected chi connectivity index (χ3v) is 5.24. The number of benzene rings is 2. The molecule has 0 amide bonds. The topological polar surface area (TPSA) is 23.8 Å². The van der Waals surface area contributed by atoms with Gasteiger partial charge < -0.3 is 0 Å². The molecule has 0 aliphatic carbocycles. The predicted molar refractivity (Wildman–Crippen MR) is 75.2 cm³/mol. The number of hydrogen-bond acceptors (Lipinski definition) is 1. The van der Waals surface area contributed by atoms with Gasteiger partial charge in [0.2, 0.25) is 0 Å². The Morgan fingerprint density at radius 1 is 1.12 bits per heavy atom. The maximum atomic E-state index is 8.73. The summed E-state index contributed by atoms with van der Waals surface area (Å²) in [5.41, 5.74) is 0. The zero-order valence-electron chi connectivity index (χ0n) is 10.0. The van der Waals surface area contributed by atoms with Crippen LogP contribution in [0.15, 0.2) is 47.4 Å². The molecule has 0 bridgehead atoms. The van der Waals surface area contributed by atoms with E-state index in [0.29, 0.717) is 6.42 Å². The Hall–Kier alpha value is -1.46. The van der Waals surface area contributed by atoms with Crippen molar-refractivity contribution in [2.45, 2.75) is 18.2 Å². The molecule has 2 heteroatoms. The largest absolute Gasteiger partial charge is 0.198 e. The Morgan fingerprint density at radius 3 is 2.65 bits per heavy atom. The zero-order valence-corrected chi connectivity index (χ0v) is 10.8. The first-order chi connectivity index (χ1) is 8.36. The van der Waals surface area contributed by atoms with Gasteiger partial charge in [-0.3, -0.25) is 0 Å². The van der Waals surface area contributed by atoms with Crippen LogP contribution in [0.4, 0.5) is 0 Å². The van der Waals surface area contributed by atoms with Crippen LogP contribution in [0, 0.1) is 11.3 Å². The highest BCUT2D eigenvalue weighted by Crippen LogP contribution is 2.25. The van der Waals surface area contributed by atoms with Gasteiger partial charge in [0.1, 0.15) is 11.5 Å². The van der Waals surface area contributed by atoms with Gasteiger partial charge in [-0.15, -0.1) is 0 Å². The minimum atomic E-state index is 0.208. The lowest BCUT2D eigenvalue weighted by Gasteiger charge is -2.07. The molecule has 1 atom stereocenters. The van der Waals surface area contributed by atoms with Gasteiger partial charge in [-0.05, 0) is 24.4 Å². The van der Waals surface area contributed by atoms with E-state index in [4.69, 9.17) is 5.26 Å². The van der Waals surface area contributed by atoms with Gasteiger partial charge in [0.25, 0.3) is 0 Å². The molecule has 2 rings (SSSR count). The molecular formula is C15H16NS+. The van der Waals surface area contributed by atoms with Crippen LogP contribution in [0.3, 0.4) is 0 Å². The molecule has 0 aromatic heterocycles. The van der Waals surface area contributed by atoms with Gasteiger partial charge in [-0.25, -0.2) is 0 Å². The molecule has 86 valence electrons. The van der Waals surface area contributed by atoms with Gasteiger partial charge in [-0.1, -0.05) is 30.3 Å². The molecule has 2 aromatic carbocycles. The molecule has 1 unspecified atom stereocenters. The van der Waals surface area contributed by atoms with Crippen molar-refractivity contribution in [1.82, 2.24) is 0 Å². The summed E-state index contributed by atoms with van der Waals surface area (Å²) in [7, 11) is 0.208. The summed E-state index contributed by atoms with van der Waals surface area (Å²) in [4.78, 5) is 1.42. The quantitative estimate of drug-likeness (QED) is 0.749. The maximum Gasteiger partial charge on any atom is 0.162 e.